The molecule has 174 valence electrons. The summed E-state index contributed by atoms with van der Waals surface area (Å²) in [6.45, 7) is 5.27. The van der Waals surface area contributed by atoms with Crippen molar-refractivity contribution in [2.45, 2.75) is 52.6 Å². The molecule has 4 aromatic rings. The summed E-state index contributed by atoms with van der Waals surface area (Å²) in [7, 11) is 0. The molecular weight excluding hydrogens is 448 g/mol. The molecule has 2 aromatic carbocycles. The van der Waals surface area contributed by atoms with Crippen molar-refractivity contribution >= 4 is 23.2 Å². The Kier molecular flexibility index (Phi) is 6.20. The van der Waals surface area contributed by atoms with Crippen LogP contribution >= 0.6 is 11.6 Å². The lowest BCUT2D eigenvalue weighted by molar-refractivity contribution is 0.102. The van der Waals surface area contributed by atoms with Crippen LogP contribution in [0.15, 0.2) is 48.5 Å². The number of nitrogens with zero attached hydrogens (tertiary/aromatic N) is 5. The van der Waals surface area contributed by atoms with Crippen molar-refractivity contribution < 1.29 is 4.79 Å². The zero-order valence-electron chi connectivity index (χ0n) is 19.4. The molecule has 1 amide bonds. The molecule has 0 unspecified atom stereocenters. The second-order valence-corrected chi connectivity index (χ2v) is 9.19. The molecule has 1 aliphatic heterocycles. The standard InChI is InChI=1S/C26H27ClN6O/c1-17-10-12-19(13-11-17)16-33-24(27)23(18(2)31-33)26(34)28-21-8-6-7-20(15-21)25-30-29-22-9-4-3-5-14-32(22)25/h6-8,10-13,15H,3-5,9,14,16H2,1-2H3,(H,28,34). The van der Waals surface area contributed by atoms with Crippen LogP contribution in [0.1, 0.15) is 52.3 Å². The van der Waals surface area contributed by atoms with Gasteiger partial charge in [0.25, 0.3) is 5.91 Å². The molecule has 1 aliphatic rings. The quantitative estimate of drug-likeness (QED) is 0.418. The number of hydrogen-bond donors (Lipinski definition) is 1. The third kappa shape index (κ3) is 4.48. The fraction of sp³-hybridized carbons (Fsp3) is 0.308. The first-order valence-corrected chi connectivity index (χ1v) is 12.0. The highest BCUT2D eigenvalue weighted by Gasteiger charge is 2.21. The lowest BCUT2D eigenvalue weighted by atomic mass is 10.1. The van der Waals surface area contributed by atoms with Gasteiger partial charge >= 0.3 is 0 Å². The van der Waals surface area contributed by atoms with E-state index in [1.165, 1.54) is 12.0 Å². The predicted octanol–water partition coefficient (Wildman–Crippen LogP) is 5.44. The van der Waals surface area contributed by atoms with Gasteiger partial charge in [-0.2, -0.15) is 5.10 Å². The maximum Gasteiger partial charge on any atom is 0.260 e. The summed E-state index contributed by atoms with van der Waals surface area (Å²) in [5, 5.41) is 16.6. The monoisotopic (exact) mass is 474 g/mol. The van der Waals surface area contributed by atoms with Crippen molar-refractivity contribution in [2.75, 3.05) is 5.32 Å². The number of aromatic nitrogens is 5. The summed E-state index contributed by atoms with van der Waals surface area (Å²) >= 11 is 6.60. The van der Waals surface area contributed by atoms with Crippen molar-refractivity contribution in [3.63, 3.8) is 0 Å². The van der Waals surface area contributed by atoms with E-state index in [1.807, 2.05) is 43.3 Å². The Balaban J connectivity index is 1.37. The first-order valence-electron chi connectivity index (χ1n) is 11.6. The summed E-state index contributed by atoms with van der Waals surface area (Å²) in [5.41, 5.74) is 4.84. The number of aryl methyl sites for hydroxylation is 3. The average molecular weight is 475 g/mol. The van der Waals surface area contributed by atoms with Crippen molar-refractivity contribution in [2.24, 2.45) is 0 Å². The molecule has 7 nitrogen and oxygen atoms in total. The summed E-state index contributed by atoms with van der Waals surface area (Å²) in [6, 6.07) is 15.9. The Bertz CT molecular complexity index is 1340. The van der Waals surface area contributed by atoms with E-state index in [0.29, 0.717) is 28.6 Å². The molecule has 3 heterocycles. The molecule has 34 heavy (non-hydrogen) atoms. The number of hydrogen-bond acceptors (Lipinski definition) is 4. The second kappa shape index (κ2) is 9.43. The maximum atomic E-state index is 13.2. The minimum atomic E-state index is -0.283. The number of rotatable bonds is 5. The summed E-state index contributed by atoms with van der Waals surface area (Å²) in [6.07, 6.45) is 4.43. The Morgan fingerprint density at radius 1 is 1.06 bits per heavy atom. The van der Waals surface area contributed by atoms with Gasteiger partial charge in [0.15, 0.2) is 5.82 Å². The van der Waals surface area contributed by atoms with Gasteiger partial charge in [0.2, 0.25) is 0 Å². The molecule has 0 saturated heterocycles. The van der Waals surface area contributed by atoms with E-state index in [0.717, 1.165) is 48.6 Å². The van der Waals surface area contributed by atoms with Crippen molar-refractivity contribution in [1.82, 2.24) is 24.5 Å². The van der Waals surface area contributed by atoms with E-state index in [9.17, 15) is 4.79 Å². The Morgan fingerprint density at radius 2 is 1.88 bits per heavy atom. The van der Waals surface area contributed by atoms with Crippen LogP contribution in [0, 0.1) is 13.8 Å². The van der Waals surface area contributed by atoms with E-state index in [2.05, 4.69) is 37.3 Å². The highest BCUT2D eigenvalue weighted by atomic mass is 35.5. The Hall–Kier alpha value is -3.45. The molecule has 0 fully saturated rings. The van der Waals surface area contributed by atoms with Gasteiger partial charge in [-0.1, -0.05) is 60.0 Å². The van der Waals surface area contributed by atoms with Crippen molar-refractivity contribution in [3.05, 3.63) is 81.9 Å². The van der Waals surface area contributed by atoms with Gasteiger partial charge in [-0.05, 0) is 44.4 Å². The third-order valence-electron chi connectivity index (χ3n) is 6.23. The number of halogens is 1. The fourth-order valence-corrected chi connectivity index (χ4v) is 4.73. The normalized spacial score (nSPS) is 13.4. The third-order valence-corrected chi connectivity index (χ3v) is 6.62. The molecule has 0 saturated carbocycles. The van der Waals surface area contributed by atoms with Crippen molar-refractivity contribution in [1.29, 1.82) is 0 Å². The fourth-order valence-electron chi connectivity index (χ4n) is 4.41. The van der Waals surface area contributed by atoms with E-state index in [4.69, 9.17) is 11.6 Å². The average Bonchev–Trinajstić information content (AvgIpc) is 3.25. The van der Waals surface area contributed by atoms with Gasteiger partial charge in [0.05, 0.1) is 17.8 Å². The molecule has 0 spiro atoms. The van der Waals surface area contributed by atoms with Crippen LogP contribution < -0.4 is 5.32 Å². The molecule has 1 N–H and O–H groups in total. The first kappa shape index (κ1) is 22.3. The van der Waals surface area contributed by atoms with Crippen molar-refractivity contribution in [3.8, 4) is 11.4 Å². The van der Waals surface area contributed by atoms with Crippen LogP contribution in [0.5, 0.6) is 0 Å². The number of amides is 1. The van der Waals surface area contributed by atoms with Crippen LogP contribution in [0.4, 0.5) is 5.69 Å². The number of fused-ring (bicyclic) bond motifs is 1. The van der Waals surface area contributed by atoms with Gasteiger partial charge in [-0.15, -0.1) is 10.2 Å². The van der Waals surface area contributed by atoms with E-state index in [-0.39, 0.29) is 5.91 Å². The van der Waals surface area contributed by atoms with Crippen LogP contribution in [-0.4, -0.2) is 30.5 Å². The number of carbonyl (C=O) groups excluding carboxylic acids is 1. The van der Waals surface area contributed by atoms with E-state index in [1.54, 1.807) is 11.6 Å². The highest BCUT2D eigenvalue weighted by molar-refractivity contribution is 6.33. The summed E-state index contributed by atoms with van der Waals surface area (Å²) < 4.78 is 3.86. The molecule has 0 radical (unpaired) electrons. The SMILES string of the molecule is Cc1ccc(Cn2nc(C)c(C(=O)Nc3cccc(-c4nnc5n4CCCCC5)c3)c2Cl)cc1. The zero-order valence-corrected chi connectivity index (χ0v) is 20.1. The molecule has 0 bridgehead atoms. The lowest BCUT2D eigenvalue weighted by Crippen LogP contribution is -2.13. The summed E-state index contributed by atoms with van der Waals surface area (Å²) in [5.74, 6) is 1.59. The zero-order chi connectivity index (χ0) is 23.7. The predicted molar refractivity (Wildman–Crippen MR) is 133 cm³/mol. The molecule has 2 aromatic heterocycles. The molecule has 8 heteroatoms. The summed E-state index contributed by atoms with van der Waals surface area (Å²) in [4.78, 5) is 13.2. The Morgan fingerprint density at radius 3 is 2.71 bits per heavy atom. The van der Waals surface area contributed by atoms with Gasteiger partial charge in [0, 0.05) is 24.2 Å². The molecular formula is C26H27ClN6O. The Labute approximate surface area is 203 Å². The first-order chi connectivity index (χ1) is 16.5. The smallest absolute Gasteiger partial charge is 0.260 e. The van der Waals surface area contributed by atoms with E-state index >= 15 is 0 Å². The van der Waals surface area contributed by atoms with Crippen LogP contribution in [0.3, 0.4) is 0 Å². The second-order valence-electron chi connectivity index (χ2n) is 8.83. The topological polar surface area (TPSA) is 77.6 Å². The molecule has 5 rings (SSSR count). The number of nitrogens with one attached hydrogen (secondary N) is 1. The van der Waals surface area contributed by atoms with E-state index < -0.39 is 0 Å². The van der Waals surface area contributed by atoms with Gasteiger partial charge in [-0.3, -0.25) is 4.79 Å². The minimum absolute atomic E-state index is 0.283. The number of benzene rings is 2. The van der Waals surface area contributed by atoms with Gasteiger partial charge in [-0.25, -0.2) is 4.68 Å². The van der Waals surface area contributed by atoms with Gasteiger partial charge in [0.1, 0.15) is 11.0 Å². The minimum Gasteiger partial charge on any atom is -0.322 e. The molecule has 0 atom stereocenters. The molecule has 0 aliphatic carbocycles. The van der Waals surface area contributed by atoms with Gasteiger partial charge < -0.3 is 9.88 Å². The van der Waals surface area contributed by atoms with Crippen LogP contribution in [0.2, 0.25) is 5.15 Å². The maximum absolute atomic E-state index is 13.2. The number of anilines is 1. The largest absolute Gasteiger partial charge is 0.322 e. The highest BCUT2D eigenvalue weighted by Crippen LogP contribution is 2.26. The lowest BCUT2D eigenvalue weighted by Gasteiger charge is -2.10. The number of carbonyl (C=O) groups is 1. The van der Waals surface area contributed by atoms with Crippen LogP contribution in [-0.2, 0) is 19.5 Å². The van der Waals surface area contributed by atoms with Crippen LogP contribution in [0.25, 0.3) is 11.4 Å².